The number of hydrogen-bond acceptors (Lipinski definition) is 5. The Morgan fingerprint density at radius 3 is 2.68 bits per heavy atom. The number of allylic oxidation sites excluding steroid dienone is 2. The highest BCUT2D eigenvalue weighted by atomic mass is 32.2. The van der Waals surface area contributed by atoms with Crippen molar-refractivity contribution in [3.63, 3.8) is 0 Å². The summed E-state index contributed by atoms with van der Waals surface area (Å²) in [5.41, 5.74) is 2.86. The van der Waals surface area contributed by atoms with Crippen LogP contribution in [-0.2, 0) is 15.3 Å². The number of carbonyl (C=O) groups excluding carboxylic acids is 1. The molecule has 3 aromatic carbocycles. The van der Waals surface area contributed by atoms with Gasteiger partial charge in [0.25, 0.3) is 0 Å². The first-order chi connectivity index (χ1) is 16.6. The van der Waals surface area contributed by atoms with Gasteiger partial charge in [0.1, 0.15) is 0 Å². The lowest BCUT2D eigenvalue weighted by Gasteiger charge is -2.23. The van der Waals surface area contributed by atoms with Gasteiger partial charge in [-0.3, -0.25) is 9.59 Å². The Morgan fingerprint density at radius 2 is 1.82 bits per heavy atom. The summed E-state index contributed by atoms with van der Waals surface area (Å²) in [4.78, 5) is 29.5. The van der Waals surface area contributed by atoms with Crippen molar-refractivity contribution in [3.8, 4) is 0 Å². The smallest absolute Gasteiger partial charge is 0.307 e. The number of anilines is 1. The molecule has 0 unspecified atom stereocenters. The van der Waals surface area contributed by atoms with Gasteiger partial charge in [-0.25, -0.2) is 4.98 Å². The van der Waals surface area contributed by atoms with Crippen LogP contribution in [0.15, 0.2) is 77.2 Å². The average Bonchev–Trinajstić information content (AvgIpc) is 3.56. The number of fused-ring (bicyclic) bond motifs is 4. The Bertz CT molecular complexity index is 1460. The summed E-state index contributed by atoms with van der Waals surface area (Å²) >= 11 is 3.32. The highest BCUT2D eigenvalue weighted by molar-refractivity contribution is 8.00. The van der Waals surface area contributed by atoms with E-state index in [1.807, 2.05) is 30.4 Å². The van der Waals surface area contributed by atoms with Crippen LogP contribution in [0.3, 0.4) is 0 Å². The molecule has 170 valence electrons. The van der Waals surface area contributed by atoms with Gasteiger partial charge in [-0.05, 0) is 52.8 Å². The predicted molar refractivity (Wildman–Crippen MR) is 137 cm³/mol. The molecule has 6 rings (SSSR count). The highest BCUT2D eigenvalue weighted by Gasteiger charge is 2.51. The van der Waals surface area contributed by atoms with Crippen LogP contribution < -0.4 is 5.32 Å². The number of aromatic nitrogens is 1. The van der Waals surface area contributed by atoms with Gasteiger partial charge in [-0.15, -0.1) is 11.3 Å². The lowest BCUT2D eigenvalue weighted by Crippen LogP contribution is -2.36. The molecule has 2 bridgehead atoms. The third-order valence-electron chi connectivity index (χ3n) is 6.91. The summed E-state index contributed by atoms with van der Waals surface area (Å²) in [6, 6.07) is 20.5. The number of aliphatic carboxylic acids is 1. The molecule has 1 amide bonds. The number of thiazole rings is 1. The van der Waals surface area contributed by atoms with E-state index in [-0.39, 0.29) is 17.7 Å². The Labute approximate surface area is 204 Å². The molecule has 5 nitrogen and oxygen atoms in total. The quantitative estimate of drug-likeness (QED) is 0.250. The van der Waals surface area contributed by atoms with Crippen LogP contribution in [0.1, 0.15) is 12.0 Å². The highest BCUT2D eigenvalue weighted by Crippen LogP contribution is 2.48. The zero-order valence-corrected chi connectivity index (χ0v) is 19.8. The number of carbonyl (C=O) groups is 2. The fourth-order valence-corrected chi connectivity index (χ4v) is 7.45. The van der Waals surface area contributed by atoms with Gasteiger partial charge in [0, 0.05) is 11.4 Å². The van der Waals surface area contributed by atoms with Gasteiger partial charge in [-0.2, -0.15) is 0 Å². The van der Waals surface area contributed by atoms with Crippen molar-refractivity contribution in [3.05, 3.63) is 78.4 Å². The SMILES string of the molecule is O=C(Nc1ccc2nc(SCc3cccc4ccccc34)sc2c1)[C@@H]1[C@H](C(=O)O)[C@H]2C=C[C@H]1C2. The van der Waals surface area contributed by atoms with E-state index >= 15 is 0 Å². The molecule has 2 N–H and O–H groups in total. The molecule has 34 heavy (non-hydrogen) atoms. The molecule has 1 saturated carbocycles. The van der Waals surface area contributed by atoms with E-state index < -0.39 is 17.8 Å². The summed E-state index contributed by atoms with van der Waals surface area (Å²) in [6.45, 7) is 0. The van der Waals surface area contributed by atoms with E-state index in [1.165, 1.54) is 16.3 Å². The summed E-state index contributed by atoms with van der Waals surface area (Å²) < 4.78 is 1.98. The van der Waals surface area contributed by atoms with Gasteiger partial charge in [-0.1, -0.05) is 66.4 Å². The molecule has 4 aromatic rings. The van der Waals surface area contributed by atoms with Crippen molar-refractivity contribution >= 4 is 61.7 Å². The zero-order chi connectivity index (χ0) is 23.2. The van der Waals surface area contributed by atoms with Crippen LogP contribution >= 0.6 is 23.1 Å². The topological polar surface area (TPSA) is 79.3 Å². The minimum absolute atomic E-state index is 0.00954. The molecular formula is C27H22N2O3S2. The summed E-state index contributed by atoms with van der Waals surface area (Å²) in [5.74, 6) is -1.45. The third kappa shape index (κ3) is 3.79. The van der Waals surface area contributed by atoms with Crippen molar-refractivity contribution < 1.29 is 14.7 Å². The van der Waals surface area contributed by atoms with Gasteiger partial charge >= 0.3 is 5.97 Å². The lowest BCUT2D eigenvalue weighted by molar-refractivity contribution is -0.146. The first kappa shape index (κ1) is 21.4. The first-order valence-corrected chi connectivity index (χ1v) is 13.1. The number of carboxylic acid groups (broad SMARTS) is 1. The van der Waals surface area contributed by atoms with Crippen LogP contribution in [0.4, 0.5) is 5.69 Å². The fraction of sp³-hybridized carbons (Fsp3) is 0.222. The van der Waals surface area contributed by atoms with Crippen LogP contribution in [0.2, 0.25) is 0 Å². The lowest BCUT2D eigenvalue weighted by atomic mass is 9.82. The van der Waals surface area contributed by atoms with E-state index in [1.54, 1.807) is 23.1 Å². The Kier molecular flexibility index (Phi) is 5.38. The maximum absolute atomic E-state index is 13.0. The number of thioether (sulfide) groups is 1. The molecule has 0 saturated heterocycles. The van der Waals surface area contributed by atoms with Crippen LogP contribution in [0, 0.1) is 23.7 Å². The van der Waals surface area contributed by atoms with Crippen molar-refractivity contribution in [1.82, 2.24) is 4.98 Å². The summed E-state index contributed by atoms with van der Waals surface area (Å²) in [5, 5.41) is 15.1. The number of nitrogens with one attached hydrogen (secondary N) is 1. The molecule has 1 fully saturated rings. The molecule has 0 aliphatic heterocycles. The Morgan fingerprint density at radius 1 is 1.03 bits per heavy atom. The van der Waals surface area contributed by atoms with Crippen LogP contribution in [0.25, 0.3) is 21.0 Å². The first-order valence-electron chi connectivity index (χ1n) is 11.3. The van der Waals surface area contributed by atoms with E-state index in [4.69, 9.17) is 4.98 Å². The maximum Gasteiger partial charge on any atom is 0.307 e. The van der Waals surface area contributed by atoms with Crippen molar-refractivity contribution in [2.75, 3.05) is 5.32 Å². The number of hydrogen-bond donors (Lipinski definition) is 2. The van der Waals surface area contributed by atoms with Crippen LogP contribution in [-0.4, -0.2) is 22.0 Å². The van der Waals surface area contributed by atoms with E-state index in [9.17, 15) is 14.7 Å². The van der Waals surface area contributed by atoms with Crippen LogP contribution in [0.5, 0.6) is 0 Å². The number of rotatable bonds is 6. The molecule has 0 radical (unpaired) electrons. The molecular weight excluding hydrogens is 464 g/mol. The average molecular weight is 487 g/mol. The normalized spacial score (nSPS) is 23.1. The Hall–Kier alpha value is -3.16. The third-order valence-corrected chi connectivity index (χ3v) is 9.12. The molecule has 1 aromatic heterocycles. The summed E-state index contributed by atoms with van der Waals surface area (Å²) in [6.07, 6.45) is 4.70. The molecule has 1 heterocycles. The second-order valence-electron chi connectivity index (χ2n) is 8.92. The number of nitrogens with zero attached hydrogens (tertiary/aromatic N) is 1. The van der Waals surface area contributed by atoms with Gasteiger partial charge in [0.05, 0.1) is 22.1 Å². The predicted octanol–water partition coefficient (Wildman–Crippen LogP) is 6.20. The number of benzene rings is 3. The minimum Gasteiger partial charge on any atom is -0.481 e. The molecule has 7 heteroatoms. The molecule has 2 aliphatic rings. The molecule has 2 aliphatic carbocycles. The maximum atomic E-state index is 13.0. The summed E-state index contributed by atoms with van der Waals surface area (Å²) in [7, 11) is 0. The van der Waals surface area contributed by atoms with Gasteiger partial charge in [0.2, 0.25) is 5.91 Å². The molecule has 4 atom stereocenters. The zero-order valence-electron chi connectivity index (χ0n) is 18.2. The van der Waals surface area contributed by atoms with Crippen molar-refractivity contribution in [2.45, 2.75) is 16.5 Å². The number of carboxylic acids is 1. The molecule has 0 spiro atoms. The fourth-order valence-electron chi connectivity index (χ4n) is 5.34. The van der Waals surface area contributed by atoms with E-state index in [0.29, 0.717) is 5.69 Å². The van der Waals surface area contributed by atoms with Crippen molar-refractivity contribution in [1.29, 1.82) is 0 Å². The van der Waals surface area contributed by atoms with Gasteiger partial charge in [0.15, 0.2) is 4.34 Å². The number of amides is 1. The Balaban J connectivity index is 1.18. The largest absolute Gasteiger partial charge is 0.481 e. The second kappa shape index (κ2) is 8.56. The minimum atomic E-state index is -0.886. The second-order valence-corrected chi connectivity index (χ2v) is 11.2. The van der Waals surface area contributed by atoms with E-state index in [0.717, 1.165) is 26.7 Å². The standard InChI is InChI=1S/C27H22N2O3S2/c30-25(23-16-8-9-17(12-16)24(23)26(31)32)28-19-10-11-21-22(13-19)34-27(29-21)33-14-18-6-3-5-15-4-1-2-7-20(15)18/h1-11,13,16-17,23-24H,12,14H2,(H,28,30)(H,31,32)/t16-,17-,23-,24+/m0/s1. The van der Waals surface area contributed by atoms with Gasteiger partial charge < -0.3 is 10.4 Å². The van der Waals surface area contributed by atoms with Crippen molar-refractivity contribution in [2.24, 2.45) is 23.7 Å². The van der Waals surface area contributed by atoms with E-state index in [2.05, 4.69) is 47.8 Å². The monoisotopic (exact) mass is 486 g/mol.